The number of rotatable bonds is 2. The van der Waals surface area contributed by atoms with E-state index < -0.39 is 0 Å². The molecule has 0 radical (unpaired) electrons. The molecule has 2 aromatic heterocycles. The first kappa shape index (κ1) is 10.0. The van der Waals surface area contributed by atoms with Gasteiger partial charge in [0.1, 0.15) is 0 Å². The largest absolute Gasteiger partial charge is 0.379 e. The van der Waals surface area contributed by atoms with Crippen LogP contribution in [0.25, 0.3) is 5.65 Å². The first-order chi connectivity index (χ1) is 7.73. The summed E-state index contributed by atoms with van der Waals surface area (Å²) in [7, 11) is 0. The van der Waals surface area contributed by atoms with Gasteiger partial charge in [-0.15, -0.1) is 0 Å². The molecule has 0 spiro atoms. The maximum atomic E-state index is 5.89. The van der Waals surface area contributed by atoms with Crippen molar-refractivity contribution in [2.45, 2.75) is 5.41 Å². The third kappa shape index (κ3) is 1.32. The highest BCUT2D eigenvalue weighted by Gasteiger charge is 2.42. The normalized spacial score (nSPS) is 18.6. The van der Waals surface area contributed by atoms with Gasteiger partial charge in [-0.25, -0.2) is 9.50 Å². The number of aromatic nitrogens is 3. The van der Waals surface area contributed by atoms with Gasteiger partial charge in [-0.1, -0.05) is 11.6 Å². The van der Waals surface area contributed by atoms with Crippen molar-refractivity contribution >= 4 is 17.2 Å². The molecule has 2 N–H and O–H groups in total. The van der Waals surface area contributed by atoms with Gasteiger partial charge in [0.05, 0.1) is 23.7 Å². The number of nitrogens with two attached hydrogens (primary N) is 1. The molecule has 1 saturated heterocycles. The summed E-state index contributed by atoms with van der Waals surface area (Å²) in [5.41, 5.74) is 6.32. The van der Waals surface area contributed by atoms with Crippen LogP contribution in [0.4, 0.5) is 0 Å². The molecule has 84 valence electrons. The lowest BCUT2D eigenvalue weighted by Gasteiger charge is -2.37. The van der Waals surface area contributed by atoms with Crippen molar-refractivity contribution in [3.63, 3.8) is 0 Å². The fraction of sp³-hybridized carbons (Fsp3) is 0.400. The zero-order chi connectivity index (χ0) is 11.2. The molecular formula is C10H11ClN4O. The molecule has 0 saturated carbocycles. The van der Waals surface area contributed by atoms with Gasteiger partial charge in [0.25, 0.3) is 0 Å². The van der Waals surface area contributed by atoms with Crippen LogP contribution in [0.15, 0.2) is 18.3 Å². The summed E-state index contributed by atoms with van der Waals surface area (Å²) in [4.78, 5) is 4.45. The maximum Gasteiger partial charge on any atom is 0.163 e. The monoisotopic (exact) mass is 238 g/mol. The van der Waals surface area contributed by atoms with Crippen LogP contribution in [0.2, 0.25) is 5.02 Å². The van der Waals surface area contributed by atoms with Gasteiger partial charge in [0.2, 0.25) is 0 Å². The molecule has 0 unspecified atom stereocenters. The van der Waals surface area contributed by atoms with Gasteiger partial charge in [0, 0.05) is 12.7 Å². The van der Waals surface area contributed by atoms with E-state index in [-0.39, 0.29) is 5.41 Å². The van der Waals surface area contributed by atoms with E-state index in [1.165, 1.54) is 0 Å². The predicted octanol–water partition coefficient (Wildman–Crippen LogP) is 0.609. The first-order valence-corrected chi connectivity index (χ1v) is 5.42. The van der Waals surface area contributed by atoms with Crippen LogP contribution in [0, 0.1) is 0 Å². The van der Waals surface area contributed by atoms with E-state index in [4.69, 9.17) is 22.1 Å². The van der Waals surface area contributed by atoms with Gasteiger partial charge >= 0.3 is 0 Å². The van der Waals surface area contributed by atoms with Gasteiger partial charge in [-0.2, -0.15) is 5.10 Å². The second-order valence-corrected chi connectivity index (χ2v) is 4.50. The standard InChI is InChI=1S/C10H11ClN4O/c11-7-1-2-8-13-9(14-15(8)3-7)10(4-12)5-16-6-10/h1-3H,4-6,12H2. The molecule has 0 atom stereocenters. The smallest absolute Gasteiger partial charge is 0.163 e. The zero-order valence-corrected chi connectivity index (χ0v) is 9.31. The summed E-state index contributed by atoms with van der Waals surface area (Å²) in [6.07, 6.45) is 1.73. The van der Waals surface area contributed by atoms with Gasteiger partial charge in [0.15, 0.2) is 11.5 Å². The Morgan fingerprint density at radius 2 is 2.31 bits per heavy atom. The Hall–Kier alpha value is -1.17. The molecule has 2 aromatic rings. The molecule has 0 aliphatic carbocycles. The zero-order valence-electron chi connectivity index (χ0n) is 8.56. The van der Waals surface area contributed by atoms with Crippen LogP contribution in [-0.2, 0) is 10.2 Å². The maximum absolute atomic E-state index is 5.89. The second-order valence-electron chi connectivity index (χ2n) is 4.06. The Morgan fingerprint density at radius 1 is 1.50 bits per heavy atom. The van der Waals surface area contributed by atoms with Crippen molar-refractivity contribution in [2.24, 2.45) is 5.73 Å². The molecule has 1 aliphatic heterocycles. The van der Waals surface area contributed by atoms with E-state index in [0.29, 0.717) is 24.8 Å². The third-order valence-electron chi connectivity index (χ3n) is 2.92. The summed E-state index contributed by atoms with van der Waals surface area (Å²) >= 11 is 5.89. The van der Waals surface area contributed by atoms with Crippen LogP contribution in [0.1, 0.15) is 5.82 Å². The van der Waals surface area contributed by atoms with Gasteiger partial charge in [-0.05, 0) is 12.1 Å². The lowest BCUT2D eigenvalue weighted by molar-refractivity contribution is -0.0592. The number of hydrogen-bond acceptors (Lipinski definition) is 4. The third-order valence-corrected chi connectivity index (χ3v) is 3.14. The minimum Gasteiger partial charge on any atom is -0.379 e. The molecule has 3 rings (SSSR count). The van der Waals surface area contributed by atoms with E-state index in [1.54, 1.807) is 16.8 Å². The SMILES string of the molecule is NCC1(c2nc3ccc(Cl)cn3n2)COC1. The first-order valence-electron chi connectivity index (χ1n) is 5.04. The molecule has 6 heteroatoms. The van der Waals surface area contributed by atoms with Crippen molar-refractivity contribution in [3.05, 3.63) is 29.2 Å². The molecule has 0 amide bonds. The Balaban J connectivity index is 2.11. The summed E-state index contributed by atoms with van der Waals surface area (Å²) in [5, 5.41) is 5.03. The minimum atomic E-state index is -0.210. The van der Waals surface area contributed by atoms with Crippen LogP contribution in [0.5, 0.6) is 0 Å². The van der Waals surface area contributed by atoms with E-state index >= 15 is 0 Å². The highest BCUT2D eigenvalue weighted by Crippen LogP contribution is 2.29. The molecule has 1 fully saturated rings. The average molecular weight is 239 g/mol. The molecule has 5 nitrogen and oxygen atoms in total. The summed E-state index contributed by atoms with van der Waals surface area (Å²) in [6.45, 7) is 1.68. The second kappa shape index (κ2) is 3.41. The Kier molecular flexibility index (Phi) is 2.14. The number of nitrogens with zero attached hydrogens (tertiary/aromatic N) is 3. The Morgan fingerprint density at radius 3 is 2.94 bits per heavy atom. The van der Waals surface area contributed by atoms with Crippen molar-refractivity contribution in [2.75, 3.05) is 19.8 Å². The number of halogens is 1. The van der Waals surface area contributed by atoms with Gasteiger partial charge < -0.3 is 10.5 Å². The van der Waals surface area contributed by atoms with E-state index in [2.05, 4.69) is 10.1 Å². The summed E-state index contributed by atoms with van der Waals surface area (Å²) in [5.74, 6) is 0.739. The number of pyridine rings is 1. The summed E-state index contributed by atoms with van der Waals surface area (Å²) < 4.78 is 6.88. The summed E-state index contributed by atoms with van der Waals surface area (Å²) in [6, 6.07) is 3.63. The predicted molar refractivity (Wildman–Crippen MR) is 59.5 cm³/mol. The quantitative estimate of drug-likeness (QED) is 0.833. The molecular weight excluding hydrogens is 228 g/mol. The van der Waals surface area contributed by atoms with Crippen molar-refractivity contribution < 1.29 is 4.74 Å². The number of hydrogen-bond donors (Lipinski definition) is 1. The molecule has 1 aliphatic rings. The Bertz CT molecular complexity index is 529. The van der Waals surface area contributed by atoms with E-state index in [1.807, 2.05) is 6.07 Å². The van der Waals surface area contributed by atoms with E-state index in [0.717, 1.165) is 11.5 Å². The van der Waals surface area contributed by atoms with Gasteiger partial charge in [-0.3, -0.25) is 0 Å². The Labute approximate surface area is 97.2 Å². The highest BCUT2D eigenvalue weighted by molar-refractivity contribution is 6.30. The molecule has 0 aromatic carbocycles. The van der Waals surface area contributed by atoms with Crippen LogP contribution in [0.3, 0.4) is 0 Å². The van der Waals surface area contributed by atoms with Crippen LogP contribution in [-0.4, -0.2) is 34.4 Å². The lowest BCUT2D eigenvalue weighted by atomic mass is 9.85. The molecule has 3 heterocycles. The molecule has 0 bridgehead atoms. The minimum absolute atomic E-state index is 0.210. The van der Waals surface area contributed by atoms with Crippen molar-refractivity contribution in [1.82, 2.24) is 14.6 Å². The van der Waals surface area contributed by atoms with Crippen molar-refractivity contribution in [1.29, 1.82) is 0 Å². The van der Waals surface area contributed by atoms with Crippen LogP contribution >= 0.6 is 11.6 Å². The molecule has 16 heavy (non-hydrogen) atoms. The number of ether oxygens (including phenoxy) is 1. The highest BCUT2D eigenvalue weighted by atomic mass is 35.5. The van der Waals surface area contributed by atoms with E-state index in [9.17, 15) is 0 Å². The lowest BCUT2D eigenvalue weighted by Crippen LogP contribution is -2.53. The van der Waals surface area contributed by atoms with Crippen molar-refractivity contribution in [3.8, 4) is 0 Å². The topological polar surface area (TPSA) is 65.4 Å². The fourth-order valence-corrected chi connectivity index (χ4v) is 1.92. The van der Waals surface area contributed by atoms with Crippen LogP contribution < -0.4 is 5.73 Å². The fourth-order valence-electron chi connectivity index (χ4n) is 1.77. The average Bonchev–Trinajstić information content (AvgIpc) is 2.60. The number of fused-ring (bicyclic) bond motifs is 1.